The van der Waals surface area contributed by atoms with Crippen LogP contribution in [0.5, 0.6) is 0 Å². The monoisotopic (exact) mass is 207 g/mol. The van der Waals surface area contributed by atoms with Crippen LogP contribution in [0, 0.1) is 16.7 Å². The van der Waals surface area contributed by atoms with E-state index in [1.165, 1.54) is 4.90 Å². The fraction of sp³-hybridized carbons (Fsp3) is 0.714. The van der Waals surface area contributed by atoms with Crippen LogP contribution in [-0.4, -0.2) is 22.9 Å². The molecule has 0 aromatic rings. The molecule has 0 bridgehead atoms. The van der Waals surface area contributed by atoms with Crippen LogP contribution in [0.25, 0.3) is 0 Å². The zero-order valence-electron chi connectivity index (χ0n) is 8.16. The lowest BCUT2D eigenvalue weighted by atomic mass is 10.1. The summed E-state index contributed by atoms with van der Waals surface area (Å²) in [6, 6.07) is -0.0139. The summed E-state index contributed by atoms with van der Waals surface area (Å²) >= 11 is 0. The van der Waals surface area contributed by atoms with Crippen LogP contribution < -0.4 is 11.5 Å². The van der Waals surface area contributed by atoms with Gasteiger partial charge >= 0.3 is 0 Å². The molecule has 0 aliphatic carbocycles. The van der Waals surface area contributed by atoms with Gasteiger partial charge < -0.3 is 11.5 Å². The first-order valence-corrected chi connectivity index (χ1v) is 3.85. The summed E-state index contributed by atoms with van der Waals surface area (Å²) in [7, 11) is 0. The van der Waals surface area contributed by atoms with Crippen LogP contribution in [0.3, 0.4) is 0 Å². The fourth-order valence-electron chi connectivity index (χ4n) is 0.867. The first-order valence-electron chi connectivity index (χ1n) is 3.85. The molecule has 1 atom stereocenters. The SMILES string of the molecule is CC(C)C(C)N(C(=N)N)C(=N)N.Cl. The number of guanidine groups is 2. The molecule has 13 heavy (non-hydrogen) atoms. The third kappa shape index (κ3) is 3.98. The topological polar surface area (TPSA) is 103 Å². The van der Waals surface area contributed by atoms with Crippen LogP contribution in [0.1, 0.15) is 20.8 Å². The van der Waals surface area contributed by atoms with E-state index in [1.807, 2.05) is 20.8 Å². The van der Waals surface area contributed by atoms with Gasteiger partial charge in [0.25, 0.3) is 0 Å². The zero-order valence-corrected chi connectivity index (χ0v) is 8.98. The second-order valence-electron chi connectivity index (χ2n) is 3.13. The van der Waals surface area contributed by atoms with Crippen molar-refractivity contribution >= 4 is 24.3 Å². The lowest BCUT2D eigenvalue weighted by molar-refractivity contribution is 0.353. The summed E-state index contributed by atoms with van der Waals surface area (Å²) in [5.41, 5.74) is 10.5. The molecular weight excluding hydrogens is 190 g/mol. The van der Waals surface area contributed by atoms with Gasteiger partial charge in [-0.05, 0) is 12.8 Å². The van der Waals surface area contributed by atoms with E-state index in [1.54, 1.807) is 0 Å². The van der Waals surface area contributed by atoms with Gasteiger partial charge in [0.05, 0.1) is 0 Å². The molecule has 0 amide bonds. The second kappa shape index (κ2) is 5.64. The molecule has 0 spiro atoms. The highest BCUT2D eigenvalue weighted by Gasteiger charge is 2.20. The largest absolute Gasteiger partial charge is 0.370 e. The van der Waals surface area contributed by atoms with Gasteiger partial charge in [-0.15, -0.1) is 12.4 Å². The van der Waals surface area contributed by atoms with Crippen LogP contribution in [0.2, 0.25) is 0 Å². The van der Waals surface area contributed by atoms with Gasteiger partial charge in [-0.1, -0.05) is 13.8 Å². The summed E-state index contributed by atoms with van der Waals surface area (Å²) in [6.45, 7) is 5.86. The van der Waals surface area contributed by atoms with E-state index >= 15 is 0 Å². The van der Waals surface area contributed by atoms with Crippen molar-refractivity contribution in [2.75, 3.05) is 0 Å². The first kappa shape index (κ1) is 14.5. The Morgan fingerprint density at radius 2 is 1.38 bits per heavy atom. The molecule has 1 unspecified atom stereocenters. The van der Waals surface area contributed by atoms with Gasteiger partial charge in [0.15, 0.2) is 11.9 Å². The highest BCUT2D eigenvalue weighted by molar-refractivity contribution is 5.94. The Balaban J connectivity index is 0. The summed E-state index contributed by atoms with van der Waals surface area (Å²) in [6.07, 6.45) is 0. The lowest BCUT2D eigenvalue weighted by Gasteiger charge is -2.30. The van der Waals surface area contributed by atoms with E-state index in [-0.39, 0.29) is 30.4 Å². The molecule has 0 heterocycles. The van der Waals surface area contributed by atoms with Crippen molar-refractivity contribution in [1.29, 1.82) is 10.8 Å². The van der Waals surface area contributed by atoms with Crippen molar-refractivity contribution in [3.05, 3.63) is 0 Å². The molecule has 0 aliphatic rings. The van der Waals surface area contributed by atoms with Crippen molar-refractivity contribution in [2.45, 2.75) is 26.8 Å². The van der Waals surface area contributed by atoms with E-state index in [0.29, 0.717) is 5.92 Å². The highest BCUT2D eigenvalue weighted by atomic mass is 35.5. The Labute approximate surface area is 84.9 Å². The molecule has 0 fully saturated rings. The molecule has 0 saturated carbocycles. The Bertz CT molecular complexity index is 177. The molecule has 6 N–H and O–H groups in total. The van der Waals surface area contributed by atoms with Crippen molar-refractivity contribution < 1.29 is 0 Å². The Kier molecular flexibility index (Phi) is 6.31. The zero-order chi connectivity index (χ0) is 9.89. The van der Waals surface area contributed by atoms with E-state index < -0.39 is 0 Å². The molecule has 6 heteroatoms. The quantitative estimate of drug-likeness (QED) is 0.393. The first-order chi connectivity index (χ1) is 5.37. The van der Waals surface area contributed by atoms with Gasteiger partial charge in [0.1, 0.15) is 0 Å². The smallest absolute Gasteiger partial charge is 0.195 e. The Hall–Kier alpha value is -0.970. The van der Waals surface area contributed by atoms with Gasteiger partial charge in [0.2, 0.25) is 0 Å². The number of nitrogens with two attached hydrogens (primary N) is 2. The third-order valence-corrected chi connectivity index (χ3v) is 1.89. The minimum atomic E-state index is -0.177. The summed E-state index contributed by atoms with van der Waals surface area (Å²) < 4.78 is 0. The van der Waals surface area contributed by atoms with Crippen LogP contribution in [0.4, 0.5) is 0 Å². The normalized spacial score (nSPS) is 11.7. The third-order valence-electron chi connectivity index (χ3n) is 1.89. The van der Waals surface area contributed by atoms with Gasteiger partial charge in [-0.3, -0.25) is 15.7 Å². The standard InChI is InChI=1S/C7H17N5.ClH/c1-4(2)5(3)12(6(8)9)7(10)11;/h4-5H,1-3H3,(H3,8,9)(H3,10,11);1H. The molecule has 78 valence electrons. The number of hydrogen-bond acceptors (Lipinski definition) is 2. The number of nitrogens with zero attached hydrogens (tertiary/aromatic N) is 1. The average Bonchev–Trinajstić information content (AvgIpc) is 1.85. The average molecular weight is 208 g/mol. The van der Waals surface area contributed by atoms with Crippen LogP contribution in [0.15, 0.2) is 0 Å². The second-order valence-corrected chi connectivity index (χ2v) is 3.13. The summed E-state index contributed by atoms with van der Waals surface area (Å²) in [4.78, 5) is 1.30. The number of rotatable bonds is 2. The maximum atomic E-state index is 7.19. The number of halogens is 1. The summed E-state index contributed by atoms with van der Waals surface area (Å²) in [5, 5.41) is 14.4. The van der Waals surface area contributed by atoms with Crippen molar-refractivity contribution in [3.8, 4) is 0 Å². The van der Waals surface area contributed by atoms with Gasteiger partial charge in [-0.25, -0.2) is 0 Å². The van der Waals surface area contributed by atoms with E-state index in [9.17, 15) is 0 Å². The molecule has 0 radical (unpaired) electrons. The van der Waals surface area contributed by atoms with Crippen LogP contribution >= 0.6 is 12.4 Å². The van der Waals surface area contributed by atoms with Crippen molar-refractivity contribution in [2.24, 2.45) is 17.4 Å². The summed E-state index contributed by atoms with van der Waals surface area (Å²) in [5.74, 6) is -0.0507. The Morgan fingerprint density at radius 1 is 1.08 bits per heavy atom. The van der Waals surface area contributed by atoms with Crippen molar-refractivity contribution in [1.82, 2.24) is 4.90 Å². The minimum Gasteiger partial charge on any atom is -0.370 e. The number of hydrogen-bond donors (Lipinski definition) is 4. The molecule has 0 aliphatic heterocycles. The minimum absolute atomic E-state index is 0. The maximum Gasteiger partial charge on any atom is 0.195 e. The Morgan fingerprint density at radius 3 is 1.46 bits per heavy atom. The number of nitrogens with one attached hydrogen (secondary N) is 2. The van der Waals surface area contributed by atoms with Gasteiger partial charge in [0, 0.05) is 6.04 Å². The maximum absolute atomic E-state index is 7.19. The van der Waals surface area contributed by atoms with Gasteiger partial charge in [-0.2, -0.15) is 0 Å². The molecular formula is C7H18ClN5. The van der Waals surface area contributed by atoms with Crippen LogP contribution in [-0.2, 0) is 0 Å². The molecule has 5 nitrogen and oxygen atoms in total. The highest BCUT2D eigenvalue weighted by Crippen LogP contribution is 2.08. The fourth-order valence-corrected chi connectivity index (χ4v) is 0.867. The van der Waals surface area contributed by atoms with E-state index in [4.69, 9.17) is 22.3 Å². The van der Waals surface area contributed by atoms with E-state index in [2.05, 4.69) is 0 Å². The lowest BCUT2D eigenvalue weighted by Crippen LogP contribution is -2.51. The predicted molar refractivity (Wildman–Crippen MR) is 57.2 cm³/mol. The van der Waals surface area contributed by atoms with E-state index in [0.717, 1.165) is 0 Å². The van der Waals surface area contributed by atoms with Crippen molar-refractivity contribution in [3.63, 3.8) is 0 Å². The predicted octanol–water partition coefficient (Wildman–Crippen LogP) is 0.542. The molecule has 0 saturated heterocycles. The molecule has 0 aromatic carbocycles. The molecule has 0 aromatic heterocycles. The molecule has 0 rings (SSSR count).